The van der Waals surface area contributed by atoms with Crippen molar-refractivity contribution in [1.82, 2.24) is 5.32 Å². The number of halogens is 2. The van der Waals surface area contributed by atoms with Crippen molar-refractivity contribution in [3.8, 4) is 0 Å². The summed E-state index contributed by atoms with van der Waals surface area (Å²) in [5.41, 5.74) is 0.266. The number of aliphatic hydroxyl groups excluding tert-OH is 1. The van der Waals surface area contributed by atoms with Gasteiger partial charge in [0.25, 0.3) is 5.91 Å². The quantitative estimate of drug-likeness (QED) is 0.909. The second kappa shape index (κ2) is 6.31. The highest BCUT2D eigenvalue weighted by atomic mass is 35.5. The molecule has 2 rings (SSSR count). The molecule has 1 heterocycles. The summed E-state index contributed by atoms with van der Waals surface area (Å²) in [6.07, 6.45) is -0.911. The highest BCUT2D eigenvalue weighted by Crippen LogP contribution is 2.21. The molecule has 0 saturated heterocycles. The van der Waals surface area contributed by atoms with Crippen LogP contribution in [0.2, 0.25) is 10.0 Å². The van der Waals surface area contributed by atoms with Gasteiger partial charge in [0.15, 0.2) is 0 Å². The van der Waals surface area contributed by atoms with Crippen LogP contribution in [0.25, 0.3) is 0 Å². The fourth-order valence-electron chi connectivity index (χ4n) is 1.69. The fraction of sp³-hybridized carbons (Fsp3) is 0.214. The lowest BCUT2D eigenvalue weighted by atomic mass is 10.2. The van der Waals surface area contributed by atoms with Crippen molar-refractivity contribution >= 4 is 29.1 Å². The van der Waals surface area contributed by atoms with Crippen LogP contribution in [0.3, 0.4) is 0 Å². The smallest absolute Gasteiger partial charge is 0.252 e. The van der Waals surface area contributed by atoms with Gasteiger partial charge in [0.05, 0.1) is 17.1 Å². The number of carbonyl (C=O) groups excluding carboxylic acids is 1. The molecular formula is C14H13Cl2NO3. The maximum atomic E-state index is 12.0. The van der Waals surface area contributed by atoms with E-state index in [2.05, 4.69) is 5.32 Å². The first kappa shape index (κ1) is 14.9. The van der Waals surface area contributed by atoms with Gasteiger partial charge in [-0.2, -0.15) is 0 Å². The Labute approximate surface area is 126 Å². The minimum absolute atomic E-state index is 0.0224. The van der Waals surface area contributed by atoms with Gasteiger partial charge in [-0.15, -0.1) is 0 Å². The van der Waals surface area contributed by atoms with Crippen molar-refractivity contribution in [2.75, 3.05) is 6.54 Å². The summed E-state index contributed by atoms with van der Waals surface area (Å²) >= 11 is 11.7. The third-order valence-corrected chi connectivity index (χ3v) is 3.28. The average molecular weight is 314 g/mol. The largest absolute Gasteiger partial charge is 0.464 e. The Balaban J connectivity index is 2.00. The lowest BCUT2D eigenvalue weighted by Gasteiger charge is -2.10. The van der Waals surface area contributed by atoms with Gasteiger partial charge in [-0.05, 0) is 37.3 Å². The molecule has 20 heavy (non-hydrogen) atoms. The molecule has 0 fully saturated rings. The van der Waals surface area contributed by atoms with Crippen molar-refractivity contribution in [3.63, 3.8) is 0 Å². The van der Waals surface area contributed by atoms with Crippen LogP contribution in [-0.4, -0.2) is 17.6 Å². The van der Waals surface area contributed by atoms with Gasteiger partial charge < -0.3 is 14.8 Å². The Morgan fingerprint density at radius 3 is 2.75 bits per heavy atom. The second-order valence-electron chi connectivity index (χ2n) is 4.30. The zero-order chi connectivity index (χ0) is 14.7. The maximum Gasteiger partial charge on any atom is 0.252 e. The van der Waals surface area contributed by atoms with E-state index in [9.17, 15) is 9.90 Å². The fourth-order valence-corrected chi connectivity index (χ4v) is 2.06. The third-order valence-electron chi connectivity index (χ3n) is 2.72. The van der Waals surface area contributed by atoms with Gasteiger partial charge in [0.2, 0.25) is 0 Å². The number of aryl methyl sites for hydroxylation is 1. The summed E-state index contributed by atoms with van der Waals surface area (Å²) in [5.74, 6) is 0.697. The minimum Gasteiger partial charge on any atom is -0.464 e. The summed E-state index contributed by atoms with van der Waals surface area (Å²) in [7, 11) is 0. The molecule has 0 spiro atoms. The van der Waals surface area contributed by atoms with Crippen LogP contribution >= 0.6 is 23.2 Å². The molecular weight excluding hydrogens is 301 g/mol. The predicted octanol–water partition coefficient (Wildman–Crippen LogP) is 3.36. The normalized spacial score (nSPS) is 12.2. The molecule has 2 N–H and O–H groups in total. The monoisotopic (exact) mass is 313 g/mol. The van der Waals surface area contributed by atoms with Gasteiger partial charge in [0.1, 0.15) is 17.6 Å². The molecule has 6 heteroatoms. The number of benzene rings is 1. The molecule has 0 bridgehead atoms. The van der Waals surface area contributed by atoms with E-state index in [1.807, 2.05) is 0 Å². The Bertz CT molecular complexity index is 625. The topological polar surface area (TPSA) is 62.5 Å². The maximum absolute atomic E-state index is 12.0. The van der Waals surface area contributed by atoms with Crippen molar-refractivity contribution in [2.45, 2.75) is 13.0 Å². The van der Waals surface area contributed by atoms with Crippen LogP contribution < -0.4 is 5.32 Å². The van der Waals surface area contributed by atoms with Crippen LogP contribution in [-0.2, 0) is 0 Å². The Hall–Kier alpha value is -1.49. The van der Waals surface area contributed by atoms with E-state index in [4.69, 9.17) is 27.6 Å². The van der Waals surface area contributed by atoms with Crippen molar-refractivity contribution < 1.29 is 14.3 Å². The molecule has 4 nitrogen and oxygen atoms in total. The highest BCUT2D eigenvalue weighted by Gasteiger charge is 2.15. The van der Waals surface area contributed by atoms with Gasteiger partial charge in [-0.25, -0.2) is 0 Å². The second-order valence-corrected chi connectivity index (χ2v) is 5.14. The number of aliphatic hydroxyl groups is 1. The number of amides is 1. The standard InChI is InChI=1S/C14H13Cl2NO3/c1-8-2-5-13(20-8)12(18)7-17-14(19)10-6-9(15)3-4-11(10)16/h2-6,12,18H,7H2,1H3,(H,17,19). The molecule has 106 valence electrons. The molecule has 1 atom stereocenters. The van der Waals surface area contributed by atoms with E-state index < -0.39 is 12.0 Å². The zero-order valence-corrected chi connectivity index (χ0v) is 12.2. The number of nitrogens with one attached hydrogen (secondary N) is 1. The van der Waals surface area contributed by atoms with Crippen LogP contribution in [0.4, 0.5) is 0 Å². The Morgan fingerprint density at radius 2 is 2.10 bits per heavy atom. The molecule has 0 aliphatic heterocycles. The molecule has 0 saturated carbocycles. The lowest BCUT2D eigenvalue weighted by molar-refractivity contribution is 0.0900. The molecule has 1 amide bonds. The molecule has 0 aliphatic rings. The third kappa shape index (κ3) is 3.54. The first-order valence-electron chi connectivity index (χ1n) is 5.95. The van der Waals surface area contributed by atoms with E-state index in [-0.39, 0.29) is 12.1 Å². The lowest BCUT2D eigenvalue weighted by Crippen LogP contribution is -2.28. The number of hydrogen-bond donors (Lipinski definition) is 2. The number of furan rings is 1. The van der Waals surface area contributed by atoms with E-state index in [1.54, 1.807) is 31.2 Å². The summed E-state index contributed by atoms with van der Waals surface area (Å²) in [6, 6.07) is 8.03. The van der Waals surface area contributed by atoms with E-state index >= 15 is 0 Å². The van der Waals surface area contributed by atoms with Crippen LogP contribution in [0.1, 0.15) is 28.0 Å². The summed E-state index contributed by atoms with van der Waals surface area (Å²) in [4.78, 5) is 12.0. The summed E-state index contributed by atoms with van der Waals surface area (Å²) < 4.78 is 5.28. The molecule has 1 aromatic carbocycles. The van der Waals surface area contributed by atoms with Gasteiger partial charge in [0, 0.05) is 5.02 Å². The van der Waals surface area contributed by atoms with E-state index in [0.29, 0.717) is 21.6 Å². The first-order chi connectivity index (χ1) is 9.47. The minimum atomic E-state index is -0.911. The van der Waals surface area contributed by atoms with Crippen LogP contribution in [0, 0.1) is 6.92 Å². The Morgan fingerprint density at radius 1 is 1.35 bits per heavy atom. The van der Waals surface area contributed by atoms with Gasteiger partial charge in [-0.3, -0.25) is 4.79 Å². The zero-order valence-electron chi connectivity index (χ0n) is 10.7. The van der Waals surface area contributed by atoms with Crippen molar-refractivity contribution in [3.05, 3.63) is 57.5 Å². The molecule has 0 radical (unpaired) electrons. The predicted molar refractivity (Wildman–Crippen MR) is 77.2 cm³/mol. The van der Waals surface area contributed by atoms with Gasteiger partial charge in [-0.1, -0.05) is 23.2 Å². The molecule has 1 unspecified atom stereocenters. The Kier molecular flexibility index (Phi) is 4.70. The van der Waals surface area contributed by atoms with Gasteiger partial charge >= 0.3 is 0 Å². The molecule has 0 aliphatic carbocycles. The summed E-state index contributed by atoms with van der Waals surface area (Å²) in [5, 5.41) is 13.2. The van der Waals surface area contributed by atoms with E-state index in [0.717, 1.165) is 0 Å². The molecule has 1 aromatic heterocycles. The first-order valence-corrected chi connectivity index (χ1v) is 6.70. The SMILES string of the molecule is Cc1ccc(C(O)CNC(=O)c2cc(Cl)ccc2Cl)o1. The van der Waals surface area contributed by atoms with Crippen LogP contribution in [0.15, 0.2) is 34.7 Å². The number of carbonyl (C=O) groups is 1. The number of hydrogen-bond acceptors (Lipinski definition) is 3. The summed E-state index contributed by atoms with van der Waals surface area (Å²) in [6.45, 7) is 1.80. The van der Waals surface area contributed by atoms with E-state index in [1.165, 1.54) is 6.07 Å². The van der Waals surface area contributed by atoms with Crippen molar-refractivity contribution in [1.29, 1.82) is 0 Å². The van der Waals surface area contributed by atoms with Crippen molar-refractivity contribution in [2.24, 2.45) is 0 Å². The number of rotatable bonds is 4. The van der Waals surface area contributed by atoms with Crippen LogP contribution in [0.5, 0.6) is 0 Å². The average Bonchev–Trinajstić information content (AvgIpc) is 2.85. The highest BCUT2D eigenvalue weighted by molar-refractivity contribution is 6.35. The molecule has 2 aromatic rings.